The fraction of sp³-hybridized carbons (Fsp3) is 0.0526. The average molecular weight is 351 g/mol. The molecule has 2 heterocycles. The van der Waals surface area contributed by atoms with Crippen molar-refractivity contribution in [1.29, 1.82) is 0 Å². The molecule has 0 radical (unpaired) electrons. The lowest BCUT2D eigenvalue weighted by molar-refractivity contribution is 0.101. The van der Waals surface area contributed by atoms with Crippen molar-refractivity contribution in [3.63, 3.8) is 0 Å². The molecule has 2 aromatic carbocycles. The number of amides is 1. The second kappa shape index (κ2) is 6.11. The molecule has 0 saturated heterocycles. The smallest absolute Gasteiger partial charge is 0.273 e. The number of fused-ring (bicyclic) bond motifs is 1. The van der Waals surface area contributed by atoms with Gasteiger partial charge in [-0.3, -0.25) is 9.48 Å². The predicted octanol–water partition coefficient (Wildman–Crippen LogP) is 4.47. The van der Waals surface area contributed by atoms with E-state index in [1.165, 1.54) is 0 Å². The minimum atomic E-state index is -0.214. The zero-order chi connectivity index (χ0) is 17.4. The van der Waals surface area contributed by atoms with Crippen LogP contribution in [0.1, 0.15) is 10.5 Å². The van der Waals surface area contributed by atoms with E-state index < -0.39 is 0 Å². The Morgan fingerprint density at radius 1 is 1.16 bits per heavy atom. The fourth-order valence-corrected chi connectivity index (χ4v) is 2.98. The highest BCUT2D eigenvalue weighted by atomic mass is 35.5. The van der Waals surface area contributed by atoms with Crippen LogP contribution >= 0.6 is 11.6 Å². The number of carbonyl (C=O) groups is 1. The Morgan fingerprint density at radius 2 is 2.04 bits per heavy atom. The van der Waals surface area contributed by atoms with Gasteiger partial charge < -0.3 is 10.3 Å². The Balaban J connectivity index is 1.61. The zero-order valence-corrected chi connectivity index (χ0v) is 14.2. The highest BCUT2D eigenvalue weighted by molar-refractivity contribution is 6.30. The van der Waals surface area contributed by atoms with Crippen LogP contribution in [0.3, 0.4) is 0 Å². The van der Waals surface area contributed by atoms with Crippen LogP contribution in [0.15, 0.2) is 60.8 Å². The van der Waals surface area contributed by atoms with E-state index in [-0.39, 0.29) is 5.91 Å². The number of benzene rings is 2. The molecule has 0 aliphatic carbocycles. The Hall–Kier alpha value is -3.05. The van der Waals surface area contributed by atoms with Crippen molar-refractivity contribution in [2.75, 3.05) is 5.32 Å². The molecule has 0 saturated carbocycles. The number of rotatable bonds is 3. The van der Waals surface area contributed by atoms with Gasteiger partial charge >= 0.3 is 0 Å². The van der Waals surface area contributed by atoms with Crippen molar-refractivity contribution in [3.8, 4) is 11.3 Å². The van der Waals surface area contributed by atoms with Gasteiger partial charge in [0.1, 0.15) is 5.69 Å². The predicted molar refractivity (Wildman–Crippen MR) is 99.9 cm³/mol. The number of aromatic nitrogens is 3. The van der Waals surface area contributed by atoms with Gasteiger partial charge in [0.05, 0.1) is 5.69 Å². The molecule has 0 aliphatic heterocycles. The minimum absolute atomic E-state index is 0.214. The molecule has 0 bridgehead atoms. The first-order valence-corrected chi connectivity index (χ1v) is 8.16. The first kappa shape index (κ1) is 15.5. The molecule has 0 spiro atoms. The molecule has 2 N–H and O–H groups in total. The molecule has 0 aliphatic rings. The van der Waals surface area contributed by atoms with E-state index in [1.54, 1.807) is 23.9 Å². The maximum absolute atomic E-state index is 12.6. The van der Waals surface area contributed by atoms with Gasteiger partial charge in [0.15, 0.2) is 0 Å². The SMILES string of the molecule is Cn1nc(-c2cccc(Cl)c2)cc1C(=O)Nc1ccc2cc[nH]c2c1. The highest BCUT2D eigenvalue weighted by Crippen LogP contribution is 2.23. The summed E-state index contributed by atoms with van der Waals surface area (Å²) in [4.78, 5) is 15.7. The van der Waals surface area contributed by atoms with Gasteiger partial charge in [-0.2, -0.15) is 5.10 Å². The van der Waals surface area contributed by atoms with Crippen LogP contribution in [0.4, 0.5) is 5.69 Å². The molecule has 5 nitrogen and oxygen atoms in total. The summed E-state index contributed by atoms with van der Waals surface area (Å²) in [6.07, 6.45) is 1.87. The summed E-state index contributed by atoms with van der Waals surface area (Å²) in [5, 5.41) is 9.06. The van der Waals surface area contributed by atoms with Crippen molar-refractivity contribution in [1.82, 2.24) is 14.8 Å². The molecule has 0 unspecified atom stereocenters. The van der Waals surface area contributed by atoms with Gasteiger partial charge in [-0.15, -0.1) is 0 Å². The van der Waals surface area contributed by atoms with Gasteiger partial charge in [-0.25, -0.2) is 0 Å². The largest absolute Gasteiger partial charge is 0.361 e. The van der Waals surface area contributed by atoms with Gasteiger partial charge in [0.2, 0.25) is 0 Å². The molecule has 25 heavy (non-hydrogen) atoms. The number of aryl methyl sites for hydroxylation is 1. The van der Waals surface area contributed by atoms with E-state index in [9.17, 15) is 4.79 Å². The van der Waals surface area contributed by atoms with E-state index in [2.05, 4.69) is 15.4 Å². The molecule has 6 heteroatoms. The first-order valence-electron chi connectivity index (χ1n) is 7.78. The summed E-state index contributed by atoms with van der Waals surface area (Å²) in [7, 11) is 1.75. The van der Waals surface area contributed by atoms with Crippen molar-refractivity contribution in [2.45, 2.75) is 0 Å². The summed E-state index contributed by atoms with van der Waals surface area (Å²) in [6.45, 7) is 0. The normalized spacial score (nSPS) is 11.0. The molecule has 0 atom stereocenters. The topological polar surface area (TPSA) is 62.7 Å². The maximum Gasteiger partial charge on any atom is 0.273 e. The molecular weight excluding hydrogens is 336 g/mol. The summed E-state index contributed by atoms with van der Waals surface area (Å²) in [5.74, 6) is -0.214. The number of aromatic amines is 1. The molecule has 4 aromatic rings. The second-order valence-electron chi connectivity index (χ2n) is 5.78. The molecule has 4 rings (SSSR count). The third-order valence-electron chi connectivity index (χ3n) is 4.05. The number of H-pyrrole nitrogens is 1. The van der Waals surface area contributed by atoms with Crippen molar-refractivity contribution in [2.24, 2.45) is 7.05 Å². The van der Waals surface area contributed by atoms with Crippen molar-refractivity contribution >= 4 is 34.1 Å². The maximum atomic E-state index is 12.6. The van der Waals surface area contributed by atoms with Gasteiger partial charge in [0, 0.05) is 35.0 Å². The Kier molecular flexibility index (Phi) is 3.78. The standard InChI is InChI=1S/C19H15ClN4O/c1-24-18(11-17(23-24)13-3-2-4-14(20)9-13)19(25)22-15-6-5-12-7-8-21-16(12)10-15/h2-11,21H,1H3,(H,22,25). The monoisotopic (exact) mass is 350 g/mol. The number of halogens is 1. The number of carbonyl (C=O) groups excluding carboxylic acids is 1. The lowest BCUT2D eigenvalue weighted by Crippen LogP contribution is -2.15. The molecule has 0 fully saturated rings. The van der Waals surface area contributed by atoms with E-state index in [1.807, 2.05) is 48.7 Å². The van der Waals surface area contributed by atoms with Gasteiger partial charge in [-0.1, -0.05) is 29.8 Å². The number of hydrogen-bond donors (Lipinski definition) is 2. The molecule has 1 amide bonds. The lowest BCUT2D eigenvalue weighted by atomic mass is 10.1. The molecule has 124 valence electrons. The second-order valence-corrected chi connectivity index (χ2v) is 6.22. The quantitative estimate of drug-likeness (QED) is 0.572. The fourth-order valence-electron chi connectivity index (χ4n) is 2.79. The summed E-state index contributed by atoms with van der Waals surface area (Å²) >= 11 is 6.03. The number of nitrogens with one attached hydrogen (secondary N) is 2. The average Bonchev–Trinajstić information content (AvgIpc) is 3.20. The molecule has 2 aromatic heterocycles. The van der Waals surface area contributed by atoms with Crippen LogP contribution in [0.5, 0.6) is 0 Å². The van der Waals surface area contributed by atoms with Crippen LogP contribution in [0.2, 0.25) is 5.02 Å². The zero-order valence-electron chi connectivity index (χ0n) is 13.5. The summed E-state index contributed by atoms with van der Waals surface area (Å²) in [6, 6.07) is 16.9. The van der Waals surface area contributed by atoms with Crippen LogP contribution in [0, 0.1) is 0 Å². The van der Waals surface area contributed by atoms with Crippen LogP contribution in [-0.2, 0) is 7.05 Å². The van der Waals surface area contributed by atoms with E-state index >= 15 is 0 Å². The van der Waals surface area contributed by atoms with Gasteiger partial charge in [0.25, 0.3) is 5.91 Å². The van der Waals surface area contributed by atoms with Crippen LogP contribution in [-0.4, -0.2) is 20.7 Å². The lowest BCUT2D eigenvalue weighted by Gasteiger charge is -2.05. The third-order valence-corrected chi connectivity index (χ3v) is 4.28. The van der Waals surface area contributed by atoms with E-state index in [4.69, 9.17) is 11.6 Å². The summed E-state index contributed by atoms with van der Waals surface area (Å²) < 4.78 is 1.57. The number of hydrogen-bond acceptors (Lipinski definition) is 2. The third kappa shape index (κ3) is 3.02. The number of anilines is 1. The Bertz CT molecular complexity index is 1080. The number of nitrogens with zero attached hydrogens (tertiary/aromatic N) is 2. The minimum Gasteiger partial charge on any atom is -0.361 e. The summed E-state index contributed by atoms with van der Waals surface area (Å²) in [5.41, 5.74) is 3.75. The Labute approximate surface area is 149 Å². The van der Waals surface area contributed by atoms with Gasteiger partial charge in [-0.05, 0) is 41.8 Å². The van der Waals surface area contributed by atoms with E-state index in [0.717, 1.165) is 22.2 Å². The van der Waals surface area contributed by atoms with Crippen LogP contribution in [0.25, 0.3) is 22.2 Å². The first-order chi connectivity index (χ1) is 12.1. The highest BCUT2D eigenvalue weighted by Gasteiger charge is 2.15. The van der Waals surface area contributed by atoms with E-state index in [0.29, 0.717) is 16.4 Å². The Morgan fingerprint density at radius 3 is 2.88 bits per heavy atom. The molecular formula is C19H15ClN4O. The van der Waals surface area contributed by atoms with Crippen molar-refractivity contribution < 1.29 is 4.79 Å². The van der Waals surface area contributed by atoms with Crippen molar-refractivity contribution in [3.05, 3.63) is 71.5 Å². The van der Waals surface area contributed by atoms with Crippen LogP contribution < -0.4 is 5.32 Å².